The van der Waals surface area contributed by atoms with Crippen molar-refractivity contribution in [2.75, 3.05) is 17.8 Å². The highest BCUT2D eigenvalue weighted by atomic mass is 35.5. The minimum Gasteiger partial charge on any atom is -0.385 e. The second-order valence-electron chi connectivity index (χ2n) is 8.53. The predicted molar refractivity (Wildman–Crippen MR) is 143 cm³/mol. The molecule has 2 heterocycles. The number of nitrogens with zero attached hydrogens (tertiary/aromatic N) is 2. The molecule has 2 N–H and O–H groups in total. The first-order valence-corrected chi connectivity index (χ1v) is 12.8. The zero-order chi connectivity index (χ0) is 24.4. The van der Waals surface area contributed by atoms with E-state index in [1.807, 2.05) is 54.6 Å². The second-order valence-corrected chi connectivity index (χ2v) is 10.2. The van der Waals surface area contributed by atoms with E-state index in [9.17, 15) is 9.90 Å². The fraction of sp³-hybridized carbons (Fsp3) is 0.185. The lowest BCUT2D eigenvalue weighted by atomic mass is 9.84. The molecule has 1 aliphatic rings. The third-order valence-corrected chi connectivity index (χ3v) is 7.86. The van der Waals surface area contributed by atoms with Crippen molar-refractivity contribution < 1.29 is 9.90 Å². The van der Waals surface area contributed by atoms with Gasteiger partial charge in [0.1, 0.15) is 0 Å². The van der Waals surface area contributed by atoms with Crippen molar-refractivity contribution in [3.05, 3.63) is 100 Å². The maximum atomic E-state index is 13.2. The number of aliphatic hydroxyl groups is 1. The molecule has 0 unspecified atom stereocenters. The average molecular weight is 524 g/mol. The van der Waals surface area contributed by atoms with Gasteiger partial charge in [0.15, 0.2) is 0 Å². The van der Waals surface area contributed by atoms with Crippen molar-refractivity contribution in [1.82, 2.24) is 9.88 Å². The number of likely N-dealkylation sites (tertiary alicyclic amines) is 1. The molecule has 1 aliphatic heterocycles. The van der Waals surface area contributed by atoms with Crippen LogP contribution in [0.3, 0.4) is 0 Å². The lowest BCUT2D eigenvalue weighted by molar-refractivity contribution is -0.0210. The van der Waals surface area contributed by atoms with Crippen molar-refractivity contribution in [3.8, 4) is 0 Å². The number of rotatable bonds is 5. The van der Waals surface area contributed by atoms with E-state index in [2.05, 4.69) is 9.71 Å². The number of hydrogen-bond donors (Lipinski definition) is 2. The summed E-state index contributed by atoms with van der Waals surface area (Å²) in [7, 11) is 0. The highest BCUT2D eigenvalue weighted by Gasteiger charge is 2.37. The smallest absolute Gasteiger partial charge is 0.255 e. The number of carbonyl (C=O) groups excluding carboxylic acids is 1. The first-order valence-electron chi connectivity index (χ1n) is 11.3. The topological polar surface area (TPSA) is 65.5 Å². The lowest BCUT2D eigenvalue weighted by Gasteiger charge is -2.39. The summed E-state index contributed by atoms with van der Waals surface area (Å²) in [6.07, 6.45) is 2.60. The summed E-state index contributed by atoms with van der Waals surface area (Å²) < 4.78 is 3.30. The van der Waals surface area contributed by atoms with Crippen LogP contribution < -0.4 is 4.72 Å². The molecule has 5 nitrogen and oxygen atoms in total. The van der Waals surface area contributed by atoms with Gasteiger partial charge in [-0.1, -0.05) is 59.6 Å². The molecule has 0 radical (unpaired) electrons. The van der Waals surface area contributed by atoms with Gasteiger partial charge in [-0.2, -0.15) is 0 Å². The zero-order valence-electron chi connectivity index (χ0n) is 18.7. The molecule has 8 heteroatoms. The molecule has 0 bridgehead atoms. The number of fused-ring (bicyclic) bond motifs is 1. The van der Waals surface area contributed by atoms with Crippen LogP contribution in [0.25, 0.3) is 10.9 Å². The third kappa shape index (κ3) is 4.98. The summed E-state index contributed by atoms with van der Waals surface area (Å²) in [5, 5.41) is 13.1. The molecular formula is C27H23Cl2N3O2S. The Morgan fingerprint density at radius 2 is 1.74 bits per heavy atom. The molecule has 1 amide bonds. The number of nitrogens with one attached hydrogen (secondary N) is 1. The maximum Gasteiger partial charge on any atom is 0.255 e. The van der Waals surface area contributed by atoms with Crippen LogP contribution in [-0.2, 0) is 5.60 Å². The molecule has 35 heavy (non-hydrogen) atoms. The first-order chi connectivity index (χ1) is 16.9. The molecule has 1 aromatic heterocycles. The van der Waals surface area contributed by atoms with Gasteiger partial charge >= 0.3 is 0 Å². The van der Waals surface area contributed by atoms with Gasteiger partial charge < -0.3 is 14.7 Å². The van der Waals surface area contributed by atoms with Gasteiger partial charge in [-0.25, -0.2) is 0 Å². The van der Waals surface area contributed by atoms with E-state index in [1.165, 1.54) is 11.9 Å². The number of halogens is 2. The van der Waals surface area contributed by atoms with E-state index in [0.29, 0.717) is 47.1 Å². The van der Waals surface area contributed by atoms with E-state index < -0.39 is 5.60 Å². The Bertz CT molecular complexity index is 1380. The van der Waals surface area contributed by atoms with E-state index in [0.717, 1.165) is 21.5 Å². The quantitative estimate of drug-likeness (QED) is 0.282. The number of amides is 1. The molecule has 0 aliphatic carbocycles. The Morgan fingerprint density at radius 3 is 2.51 bits per heavy atom. The summed E-state index contributed by atoms with van der Waals surface area (Å²) in [4.78, 5) is 20.4. The molecule has 1 fully saturated rings. The number of hydrogen-bond acceptors (Lipinski definition) is 5. The Balaban J connectivity index is 1.25. The van der Waals surface area contributed by atoms with Gasteiger partial charge in [0, 0.05) is 40.9 Å². The molecule has 1 saturated heterocycles. The number of benzene rings is 3. The Morgan fingerprint density at radius 1 is 0.971 bits per heavy atom. The largest absolute Gasteiger partial charge is 0.385 e. The number of aromatic nitrogens is 1. The zero-order valence-corrected chi connectivity index (χ0v) is 21.1. The van der Waals surface area contributed by atoms with Crippen LogP contribution in [0.2, 0.25) is 10.0 Å². The maximum absolute atomic E-state index is 13.2. The Hall–Kier alpha value is -2.77. The molecule has 3 aromatic carbocycles. The summed E-state index contributed by atoms with van der Waals surface area (Å²) in [5.41, 5.74) is 1.82. The van der Waals surface area contributed by atoms with Gasteiger partial charge in [0.25, 0.3) is 5.91 Å². The Kier molecular flexibility index (Phi) is 6.89. The van der Waals surface area contributed by atoms with Crippen molar-refractivity contribution in [3.63, 3.8) is 0 Å². The fourth-order valence-corrected chi connectivity index (χ4v) is 5.72. The first kappa shape index (κ1) is 23.9. The number of para-hydroxylation sites is 1. The normalized spacial score (nSPS) is 15.2. The van der Waals surface area contributed by atoms with Crippen LogP contribution in [0.15, 0.2) is 83.9 Å². The lowest BCUT2D eigenvalue weighted by Crippen LogP contribution is -2.45. The van der Waals surface area contributed by atoms with Crippen molar-refractivity contribution in [2.24, 2.45) is 0 Å². The summed E-state index contributed by atoms with van der Waals surface area (Å²) in [6.45, 7) is 0.835. The van der Waals surface area contributed by atoms with Gasteiger partial charge in [-0.3, -0.25) is 9.78 Å². The number of anilines is 1. The number of piperidine rings is 1. The summed E-state index contributed by atoms with van der Waals surface area (Å²) >= 11 is 14.3. The standard InChI is InChI=1S/C27H23Cl2N3O2S/c28-22-8-2-1-7-21(22)27(34)12-15-32(16-13-27)26(33)20-11-10-19(17-23(20)29)31-35-24-9-3-5-18-6-4-14-30-25(18)24/h1-11,14,17,31,34H,12-13,15-16H2. The number of carbonyl (C=O) groups is 1. The highest BCUT2D eigenvalue weighted by molar-refractivity contribution is 8.00. The molecule has 4 aromatic rings. The minimum absolute atomic E-state index is 0.145. The SMILES string of the molecule is O=C(c1ccc(NSc2cccc3cccnc23)cc1Cl)N1CCC(O)(c2ccccc2Cl)CC1. The molecule has 0 atom stereocenters. The van der Waals surface area contributed by atoms with Crippen LogP contribution in [-0.4, -0.2) is 34.0 Å². The molecule has 178 valence electrons. The fourth-order valence-electron chi connectivity index (χ4n) is 4.38. The molecule has 5 rings (SSSR count). The van der Waals surface area contributed by atoms with Crippen LogP contribution in [0.4, 0.5) is 5.69 Å². The molecule has 0 spiro atoms. The number of pyridine rings is 1. The van der Waals surface area contributed by atoms with E-state index >= 15 is 0 Å². The van der Waals surface area contributed by atoms with Crippen molar-refractivity contribution in [2.45, 2.75) is 23.3 Å². The average Bonchev–Trinajstić information content (AvgIpc) is 2.88. The highest BCUT2D eigenvalue weighted by Crippen LogP contribution is 2.37. The van der Waals surface area contributed by atoms with Crippen LogP contribution in [0, 0.1) is 0 Å². The van der Waals surface area contributed by atoms with Crippen LogP contribution >= 0.6 is 35.1 Å². The summed E-state index contributed by atoms with van der Waals surface area (Å²) in [5.74, 6) is -0.145. The predicted octanol–water partition coefficient (Wildman–Crippen LogP) is 6.78. The van der Waals surface area contributed by atoms with E-state index in [1.54, 1.807) is 29.3 Å². The minimum atomic E-state index is -1.04. The van der Waals surface area contributed by atoms with Crippen LogP contribution in [0.5, 0.6) is 0 Å². The van der Waals surface area contributed by atoms with Gasteiger partial charge in [0.05, 0.1) is 26.6 Å². The second kappa shape index (κ2) is 10.1. The van der Waals surface area contributed by atoms with Crippen LogP contribution in [0.1, 0.15) is 28.8 Å². The van der Waals surface area contributed by atoms with Crippen molar-refractivity contribution in [1.29, 1.82) is 0 Å². The van der Waals surface area contributed by atoms with Gasteiger partial charge in [0.2, 0.25) is 0 Å². The van der Waals surface area contributed by atoms with E-state index in [-0.39, 0.29) is 5.91 Å². The van der Waals surface area contributed by atoms with E-state index in [4.69, 9.17) is 23.2 Å². The van der Waals surface area contributed by atoms with Gasteiger partial charge in [-0.05, 0) is 61.2 Å². The van der Waals surface area contributed by atoms with Gasteiger partial charge in [-0.15, -0.1) is 0 Å². The third-order valence-electron chi connectivity index (χ3n) is 6.33. The molecular weight excluding hydrogens is 501 g/mol. The molecule has 0 saturated carbocycles. The Labute approximate surface area is 218 Å². The monoisotopic (exact) mass is 523 g/mol. The summed E-state index contributed by atoms with van der Waals surface area (Å²) in [6, 6.07) is 22.6. The van der Waals surface area contributed by atoms with Crippen molar-refractivity contribution >= 4 is 57.6 Å².